The van der Waals surface area contributed by atoms with Gasteiger partial charge >= 0.3 is 0 Å². The molecule has 1 aromatic rings. The van der Waals surface area contributed by atoms with E-state index in [9.17, 15) is 15.2 Å². The summed E-state index contributed by atoms with van der Waals surface area (Å²) in [5.41, 5.74) is 1.46. The molecule has 7 nitrogen and oxygen atoms in total. The molecule has 0 amide bonds. The molecule has 7 heteroatoms. The number of aliphatic hydroxyl groups excluding tert-OH is 2. The van der Waals surface area contributed by atoms with Crippen molar-refractivity contribution in [3.8, 4) is 0 Å². The zero-order valence-corrected chi connectivity index (χ0v) is 10.4. The summed E-state index contributed by atoms with van der Waals surface area (Å²) in [4.78, 5) is 10.2. The summed E-state index contributed by atoms with van der Waals surface area (Å²) < 4.78 is 5.41. The highest BCUT2D eigenvalue weighted by Gasteiger charge is 2.33. The highest BCUT2D eigenvalue weighted by atomic mass is 16.6. The second-order valence-corrected chi connectivity index (χ2v) is 4.55. The summed E-state index contributed by atoms with van der Waals surface area (Å²) >= 11 is 0. The first-order chi connectivity index (χ1) is 9.01. The SMILES string of the molecule is Cc1cc([N+](=O)[O-])ccc1NC1CC(O)C(CO)O1. The van der Waals surface area contributed by atoms with E-state index in [-0.39, 0.29) is 12.3 Å². The molecular formula is C12H16N2O5. The van der Waals surface area contributed by atoms with Gasteiger partial charge in [-0.05, 0) is 18.6 Å². The number of hydrogen-bond acceptors (Lipinski definition) is 6. The van der Waals surface area contributed by atoms with Crippen molar-refractivity contribution in [2.24, 2.45) is 0 Å². The van der Waals surface area contributed by atoms with Crippen molar-refractivity contribution in [2.75, 3.05) is 11.9 Å². The first-order valence-electron chi connectivity index (χ1n) is 5.97. The number of nitro groups is 1. The van der Waals surface area contributed by atoms with Gasteiger partial charge in [0.2, 0.25) is 0 Å². The van der Waals surface area contributed by atoms with Crippen LogP contribution in [0.1, 0.15) is 12.0 Å². The molecule has 0 radical (unpaired) electrons. The minimum absolute atomic E-state index is 0.0312. The normalized spacial score (nSPS) is 26.4. The number of nitrogens with zero attached hydrogens (tertiary/aromatic N) is 1. The Bertz CT molecular complexity index is 479. The molecule has 0 saturated carbocycles. The van der Waals surface area contributed by atoms with Crippen molar-refractivity contribution in [3.05, 3.63) is 33.9 Å². The summed E-state index contributed by atoms with van der Waals surface area (Å²) in [7, 11) is 0. The summed E-state index contributed by atoms with van der Waals surface area (Å²) in [6.45, 7) is 1.52. The lowest BCUT2D eigenvalue weighted by Gasteiger charge is -2.16. The first kappa shape index (κ1) is 13.7. The largest absolute Gasteiger partial charge is 0.394 e. The van der Waals surface area contributed by atoms with E-state index in [1.54, 1.807) is 13.0 Å². The predicted octanol–water partition coefficient (Wildman–Crippen LogP) is 0.783. The Morgan fingerprint density at radius 3 is 2.84 bits per heavy atom. The monoisotopic (exact) mass is 268 g/mol. The lowest BCUT2D eigenvalue weighted by atomic mass is 10.1. The van der Waals surface area contributed by atoms with Crippen molar-refractivity contribution < 1.29 is 19.9 Å². The molecule has 1 aliphatic heterocycles. The maximum absolute atomic E-state index is 10.6. The number of anilines is 1. The average molecular weight is 268 g/mol. The van der Waals surface area contributed by atoms with E-state index in [0.717, 1.165) is 5.56 Å². The molecule has 19 heavy (non-hydrogen) atoms. The molecule has 0 spiro atoms. The highest BCUT2D eigenvalue weighted by Crippen LogP contribution is 2.26. The Hall–Kier alpha value is -1.70. The summed E-state index contributed by atoms with van der Waals surface area (Å²) in [6, 6.07) is 4.48. The lowest BCUT2D eigenvalue weighted by molar-refractivity contribution is -0.384. The van der Waals surface area contributed by atoms with Crippen molar-refractivity contribution in [3.63, 3.8) is 0 Å². The smallest absolute Gasteiger partial charge is 0.269 e. The topological polar surface area (TPSA) is 105 Å². The minimum Gasteiger partial charge on any atom is -0.394 e. The summed E-state index contributed by atoms with van der Waals surface area (Å²) in [5, 5.41) is 32.3. The van der Waals surface area contributed by atoms with Crippen LogP contribution in [-0.2, 0) is 4.74 Å². The van der Waals surface area contributed by atoms with E-state index in [1.165, 1.54) is 12.1 Å². The molecule has 1 saturated heterocycles. The molecule has 104 valence electrons. The van der Waals surface area contributed by atoms with Crippen molar-refractivity contribution in [2.45, 2.75) is 31.8 Å². The Morgan fingerprint density at radius 1 is 1.58 bits per heavy atom. The molecule has 1 aliphatic rings. The van der Waals surface area contributed by atoms with E-state index in [1.807, 2.05) is 0 Å². The Morgan fingerprint density at radius 2 is 2.32 bits per heavy atom. The molecule has 2 rings (SSSR count). The fourth-order valence-electron chi connectivity index (χ4n) is 2.08. The highest BCUT2D eigenvalue weighted by molar-refractivity contribution is 5.55. The fourth-order valence-corrected chi connectivity index (χ4v) is 2.08. The van der Waals surface area contributed by atoms with Crippen LogP contribution in [0.25, 0.3) is 0 Å². The Balaban J connectivity index is 2.06. The van der Waals surface area contributed by atoms with E-state index >= 15 is 0 Å². The standard InChI is InChI=1S/C12H16N2O5/c1-7-4-8(14(17)18)2-3-9(7)13-12-5-10(16)11(6-15)19-12/h2-4,10-13,15-16H,5-6H2,1H3. The van der Waals surface area contributed by atoms with Crippen LogP contribution in [0.4, 0.5) is 11.4 Å². The van der Waals surface area contributed by atoms with Gasteiger partial charge < -0.3 is 20.3 Å². The molecule has 0 aliphatic carbocycles. The lowest BCUT2D eigenvalue weighted by Crippen LogP contribution is -2.25. The van der Waals surface area contributed by atoms with Gasteiger partial charge in [-0.25, -0.2) is 0 Å². The van der Waals surface area contributed by atoms with Crippen LogP contribution in [-0.4, -0.2) is 40.2 Å². The molecule has 1 aromatic carbocycles. The van der Waals surface area contributed by atoms with Crippen molar-refractivity contribution >= 4 is 11.4 Å². The van der Waals surface area contributed by atoms with Gasteiger partial charge in [0.05, 0.1) is 17.6 Å². The van der Waals surface area contributed by atoms with Gasteiger partial charge in [-0.2, -0.15) is 0 Å². The molecule has 3 unspecified atom stereocenters. The van der Waals surface area contributed by atoms with Gasteiger partial charge in [0.15, 0.2) is 0 Å². The molecule has 0 aromatic heterocycles. The molecule has 3 atom stereocenters. The van der Waals surface area contributed by atoms with Crippen LogP contribution in [0.3, 0.4) is 0 Å². The van der Waals surface area contributed by atoms with Crippen molar-refractivity contribution in [1.29, 1.82) is 0 Å². The maximum Gasteiger partial charge on any atom is 0.269 e. The summed E-state index contributed by atoms with van der Waals surface area (Å²) in [6.07, 6.45) is -1.34. The van der Waals surface area contributed by atoms with E-state index in [0.29, 0.717) is 12.1 Å². The second kappa shape index (κ2) is 5.52. The molecule has 3 N–H and O–H groups in total. The Kier molecular flexibility index (Phi) is 3.98. The van der Waals surface area contributed by atoms with Gasteiger partial charge in [0, 0.05) is 24.2 Å². The Labute approximate surface area is 110 Å². The molecule has 1 fully saturated rings. The number of nitro benzene ring substituents is 1. The zero-order valence-electron chi connectivity index (χ0n) is 10.4. The zero-order chi connectivity index (χ0) is 14.0. The minimum atomic E-state index is -0.708. The van der Waals surface area contributed by atoms with Crippen LogP contribution in [0.2, 0.25) is 0 Å². The number of aliphatic hydroxyl groups is 2. The van der Waals surface area contributed by atoms with Crippen LogP contribution in [0.15, 0.2) is 18.2 Å². The first-order valence-corrected chi connectivity index (χ1v) is 5.97. The second-order valence-electron chi connectivity index (χ2n) is 4.55. The number of non-ortho nitro benzene ring substituents is 1. The number of rotatable bonds is 4. The van der Waals surface area contributed by atoms with E-state index in [4.69, 9.17) is 9.84 Å². The number of ether oxygens (including phenoxy) is 1. The molecule has 1 heterocycles. The third-order valence-corrected chi connectivity index (χ3v) is 3.14. The summed E-state index contributed by atoms with van der Waals surface area (Å²) in [5.74, 6) is 0. The average Bonchev–Trinajstić information content (AvgIpc) is 2.72. The van der Waals surface area contributed by atoms with E-state index < -0.39 is 23.4 Å². The van der Waals surface area contributed by atoms with Crippen LogP contribution >= 0.6 is 0 Å². The fraction of sp³-hybridized carbons (Fsp3) is 0.500. The number of hydrogen-bond donors (Lipinski definition) is 3. The third kappa shape index (κ3) is 3.01. The quantitative estimate of drug-likeness (QED) is 0.550. The number of nitrogens with one attached hydrogen (secondary N) is 1. The van der Waals surface area contributed by atoms with Crippen LogP contribution < -0.4 is 5.32 Å². The van der Waals surface area contributed by atoms with Crippen molar-refractivity contribution in [1.82, 2.24) is 0 Å². The van der Waals surface area contributed by atoms with Gasteiger partial charge in [-0.1, -0.05) is 0 Å². The van der Waals surface area contributed by atoms with Crippen LogP contribution in [0.5, 0.6) is 0 Å². The maximum atomic E-state index is 10.6. The van der Waals surface area contributed by atoms with Gasteiger partial charge in [0.1, 0.15) is 12.3 Å². The van der Waals surface area contributed by atoms with E-state index in [2.05, 4.69) is 5.32 Å². The predicted molar refractivity (Wildman–Crippen MR) is 67.8 cm³/mol. The number of benzene rings is 1. The van der Waals surface area contributed by atoms with Gasteiger partial charge in [-0.3, -0.25) is 10.1 Å². The van der Waals surface area contributed by atoms with Gasteiger partial charge in [-0.15, -0.1) is 0 Å². The number of aryl methyl sites for hydroxylation is 1. The van der Waals surface area contributed by atoms with Gasteiger partial charge in [0.25, 0.3) is 5.69 Å². The third-order valence-electron chi connectivity index (χ3n) is 3.14. The van der Waals surface area contributed by atoms with Crippen LogP contribution in [0, 0.1) is 17.0 Å². The molecular weight excluding hydrogens is 252 g/mol. The molecule has 0 bridgehead atoms.